The minimum absolute atomic E-state index is 0.0302. The summed E-state index contributed by atoms with van der Waals surface area (Å²) < 4.78 is 0. The molecule has 0 amide bonds. The molecule has 0 bridgehead atoms. The van der Waals surface area contributed by atoms with Crippen LogP contribution in [0.4, 0.5) is 0 Å². The van der Waals surface area contributed by atoms with E-state index < -0.39 is 6.10 Å². The van der Waals surface area contributed by atoms with Crippen LogP contribution in [0.1, 0.15) is 58.3 Å². The molecule has 3 nitrogen and oxygen atoms in total. The molecule has 1 aliphatic rings. The molecule has 0 heterocycles. The molecule has 1 unspecified atom stereocenters. The predicted octanol–water partition coefficient (Wildman–Crippen LogP) is 2.26. The second-order valence-electron chi connectivity index (χ2n) is 4.81. The van der Waals surface area contributed by atoms with Crippen LogP contribution in [0.15, 0.2) is 0 Å². The Bertz CT molecular complexity index is 248. The average molecular weight is 226 g/mol. The van der Waals surface area contributed by atoms with E-state index in [-0.39, 0.29) is 23.9 Å². The van der Waals surface area contributed by atoms with Crippen LogP contribution in [0.25, 0.3) is 0 Å². The summed E-state index contributed by atoms with van der Waals surface area (Å²) >= 11 is 0. The van der Waals surface area contributed by atoms with Gasteiger partial charge < -0.3 is 5.11 Å². The normalized spacial score (nSPS) is 25.0. The number of aliphatic hydroxyl groups is 1. The summed E-state index contributed by atoms with van der Waals surface area (Å²) in [5.41, 5.74) is 0. The van der Waals surface area contributed by atoms with Crippen molar-refractivity contribution in [2.24, 2.45) is 5.92 Å². The van der Waals surface area contributed by atoms with Crippen molar-refractivity contribution in [2.45, 2.75) is 64.4 Å². The van der Waals surface area contributed by atoms with Crippen LogP contribution in [-0.2, 0) is 9.59 Å². The Balaban J connectivity index is 2.14. The van der Waals surface area contributed by atoms with E-state index in [1.807, 2.05) is 0 Å². The maximum absolute atomic E-state index is 11.5. The molecule has 1 aliphatic carbocycles. The third kappa shape index (κ3) is 4.44. The number of hydrogen-bond acceptors (Lipinski definition) is 3. The number of carbonyl (C=O) groups is 2. The Morgan fingerprint density at radius 2 is 2.06 bits per heavy atom. The van der Waals surface area contributed by atoms with Crippen LogP contribution in [0, 0.1) is 5.92 Å². The van der Waals surface area contributed by atoms with Gasteiger partial charge in [-0.15, -0.1) is 0 Å². The molecular weight excluding hydrogens is 204 g/mol. The van der Waals surface area contributed by atoms with Crippen LogP contribution in [-0.4, -0.2) is 22.8 Å². The van der Waals surface area contributed by atoms with Gasteiger partial charge in [-0.3, -0.25) is 9.59 Å². The number of hydrogen-bond donors (Lipinski definition) is 1. The smallest absolute Gasteiger partial charge is 0.135 e. The van der Waals surface area contributed by atoms with E-state index in [1.165, 1.54) is 0 Å². The quantitative estimate of drug-likeness (QED) is 0.677. The van der Waals surface area contributed by atoms with E-state index in [2.05, 4.69) is 6.92 Å². The van der Waals surface area contributed by atoms with Gasteiger partial charge in [0.1, 0.15) is 11.6 Å². The van der Waals surface area contributed by atoms with Gasteiger partial charge in [0.05, 0.1) is 6.10 Å². The van der Waals surface area contributed by atoms with Crippen molar-refractivity contribution in [3.05, 3.63) is 0 Å². The summed E-state index contributed by atoms with van der Waals surface area (Å²) in [6, 6.07) is 0. The third-order valence-electron chi connectivity index (χ3n) is 3.32. The van der Waals surface area contributed by atoms with Crippen molar-refractivity contribution in [2.75, 3.05) is 0 Å². The molecule has 1 saturated carbocycles. The van der Waals surface area contributed by atoms with Crippen molar-refractivity contribution >= 4 is 11.6 Å². The Morgan fingerprint density at radius 3 is 2.62 bits per heavy atom. The van der Waals surface area contributed by atoms with Crippen LogP contribution in [0.2, 0.25) is 0 Å². The third-order valence-corrected chi connectivity index (χ3v) is 3.32. The van der Waals surface area contributed by atoms with E-state index >= 15 is 0 Å². The van der Waals surface area contributed by atoms with Gasteiger partial charge in [-0.2, -0.15) is 0 Å². The number of ketones is 2. The Kier molecular flexibility index (Phi) is 5.67. The van der Waals surface area contributed by atoms with Gasteiger partial charge in [0.25, 0.3) is 0 Å². The lowest BCUT2D eigenvalue weighted by Crippen LogP contribution is -2.14. The maximum atomic E-state index is 11.5. The summed E-state index contributed by atoms with van der Waals surface area (Å²) in [6.07, 6.45) is 5.32. The lowest BCUT2D eigenvalue weighted by Gasteiger charge is -2.12. The van der Waals surface area contributed by atoms with E-state index in [1.54, 1.807) is 0 Å². The van der Waals surface area contributed by atoms with E-state index in [9.17, 15) is 14.7 Å². The first-order chi connectivity index (χ1) is 7.63. The monoisotopic (exact) mass is 226 g/mol. The zero-order valence-electron chi connectivity index (χ0n) is 10.1. The highest BCUT2D eigenvalue weighted by Crippen LogP contribution is 2.27. The first-order valence-corrected chi connectivity index (χ1v) is 6.35. The highest BCUT2D eigenvalue weighted by Gasteiger charge is 2.31. The van der Waals surface area contributed by atoms with Crippen molar-refractivity contribution in [1.82, 2.24) is 0 Å². The Hall–Kier alpha value is -0.700. The topological polar surface area (TPSA) is 54.4 Å². The number of carbonyl (C=O) groups excluding carboxylic acids is 2. The standard InChI is InChI=1S/C13H22O3/c1-2-3-4-5-11(14)7-6-10-8-12(15)9-13(10)16/h10,13,16H,2-9H2,1H3/t10-,13?/m1/s1. The van der Waals surface area contributed by atoms with Crippen LogP contribution >= 0.6 is 0 Å². The van der Waals surface area contributed by atoms with E-state index in [0.717, 1.165) is 19.3 Å². The zero-order chi connectivity index (χ0) is 12.0. The summed E-state index contributed by atoms with van der Waals surface area (Å²) in [5.74, 6) is 0.443. The van der Waals surface area contributed by atoms with Crippen LogP contribution in [0.5, 0.6) is 0 Å². The van der Waals surface area contributed by atoms with Crippen molar-refractivity contribution in [3.63, 3.8) is 0 Å². The van der Waals surface area contributed by atoms with Gasteiger partial charge in [-0.1, -0.05) is 19.8 Å². The lowest BCUT2D eigenvalue weighted by atomic mass is 9.96. The summed E-state index contributed by atoms with van der Waals surface area (Å²) in [5, 5.41) is 9.55. The molecular formula is C13H22O3. The molecule has 92 valence electrons. The van der Waals surface area contributed by atoms with Gasteiger partial charge in [-0.25, -0.2) is 0 Å². The second-order valence-corrected chi connectivity index (χ2v) is 4.81. The number of aliphatic hydroxyl groups excluding tert-OH is 1. The van der Waals surface area contributed by atoms with Gasteiger partial charge in [0.15, 0.2) is 0 Å². The van der Waals surface area contributed by atoms with Gasteiger partial charge in [0, 0.05) is 25.7 Å². The van der Waals surface area contributed by atoms with Crippen LogP contribution < -0.4 is 0 Å². The fourth-order valence-electron chi connectivity index (χ4n) is 2.25. The summed E-state index contributed by atoms with van der Waals surface area (Å²) in [6.45, 7) is 2.12. The molecule has 3 heteroatoms. The van der Waals surface area contributed by atoms with Crippen molar-refractivity contribution in [1.29, 1.82) is 0 Å². The molecule has 1 fully saturated rings. The second kappa shape index (κ2) is 6.79. The number of Topliss-reactive ketones (excluding diaryl/α,β-unsaturated/α-hetero) is 2. The Morgan fingerprint density at radius 1 is 1.31 bits per heavy atom. The minimum atomic E-state index is -0.504. The summed E-state index contributed by atoms with van der Waals surface area (Å²) in [7, 11) is 0. The fraction of sp³-hybridized carbons (Fsp3) is 0.846. The lowest BCUT2D eigenvalue weighted by molar-refractivity contribution is -0.120. The van der Waals surface area contributed by atoms with Crippen molar-refractivity contribution < 1.29 is 14.7 Å². The van der Waals surface area contributed by atoms with Gasteiger partial charge in [-0.05, 0) is 18.8 Å². The first-order valence-electron chi connectivity index (χ1n) is 6.35. The Labute approximate surface area is 97.2 Å². The molecule has 0 aromatic rings. The SMILES string of the molecule is CCCCCC(=O)CC[C@@H]1CC(=O)CC1O. The highest BCUT2D eigenvalue weighted by atomic mass is 16.3. The minimum Gasteiger partial charge on any atom is -0.392 e. The van der Waals surface area contributed by atoms with Gasteiger partial charge in [0.2, 0.25) is 0 Å². The van der Waals surface area contributed by atoms with Gasteiger partial charge >= 0.3 is 0 Å². The maximum Gasteiger partial charge on any atom is 0.135 e. The van der Waals surface area contributed by atoms with E-state index in [4.69, 9.17) is 0 Å². The molecule has 1 rings (SSSR count). The van der Waals surface area contributed by atoms with Crippen molar-refractivity contribution in [3.8, 4) is 0 Å². The molecule has 0 aromatic carbocycles. The largest absolute Gasteiger partial charge is 0.392 e. The number of rotatable bonds is 7. The zero-order valence-corrected chi connectivity index (χ0v) is 10.1. The molecule has 2 atom stereocenters. The predicted molar refractivity (Wildman–Crippen MR) is 62.1 cm³/mol. The molecule has 1 N–H and O–H groups in total. The summed E-state index contributed by atoms with van der Waals surface area (Å²) in [4.78, 5) is 22.6. The molecule has 0 aliphatic heterocycles. The molecule has 0 aromatic heterocycles. The molecule has 0 spiro atoms. The fourth-order valence-corrected chi connectivity index (χ4v) is 2.25. The number of unbranched alkanes of at least 4 members (excludes halogenated alkanes) is 2. The molecule has 0 saturated heterocycles. The van der Waals surface area contributed by atoms with E-state index in [0.29, 0.717) is 25.7 Å². The molecule has 0 radical (unpaired) electrons. The average Bonchev–Trinajstić information content (AvgIpc) is 2.55. The first kappa shape index (κ1) is 13.4. The highest BCUT2D eigenvalue weighted by molar-refractivity contribution is 5.82. The van der Waals surface area contributed by atoms with Crippen LogP contribution in [0.3, 0.4) is 0 Å². The molecule has 16 heavy (non-hydrogen) atoms.